The molecule has 6 nitrogen and oxygen atoms in total. The summed E-state index contributed by atoms with van der Waals surface area (Å²) in [6.07, 6.45) is 0.881. The zero-order chi connectivity index (χ0) is 19.7. The van der Waals surface area contributed by atoms with E-state index in [-0.39, 0.29) is 24.0 Å². The van der Waals surface area contributed by atoms with E-state index in [4.69, 9.17) is 0 Å². The van der Waals surface area contributed by atoms with E-state index in [2.05, 4.69) is 4.72 Å². The summed E-state index contributed by atoms with van der Waals surface area (Å²) in [7, 11) is -7.17. The molecule has 27 heavy (non-hydrogen) atoms. The van der Waals surface area contributed by atoms with Crippen LogP contribution in [0.2, 0.25) is 0 Å². The van der Waals surface area contributed by atoms with Gasteiger partial charge in [0, 0.05) is 19.1 Å². The van der Waals surface area contributed by atoms with Gasteiger partial charge in [0.15, 0.2) is 0 Å². The van der Waals surface area contributed by atoms with Crippen LogP contribution < -0.4 is 4.72 Å². The quantitative estimate of drug-likeness (QED) is 0.824. The van der Waals surface area contributed by atoms with Gasteiger partial charge in [0.1, 0.15) is 0 Å². The molecule has 0 spiro atoms. The molecule has 8 heteroatoms. The average molecular weight is 409 g/mol. The Hall–Kier alpha value is -1.74. The minimum absolute atomic E-state index is 0.218. The predicted octanol–water partition coefficient (Wildman–Crippen LogP) is 2.44. The third-order valence-corrected chi connectivity index (χ3v) is 8.37. The van der Waals surface area contributed by atoms with Crippen molar-refractivity contribution in [1.82, 2.24) is 9.03 Å². The second kappa shape index (κ2) is 7.71. The predicted molar refractivity (Wildman–Crippen MR) is 104 cm³/mol. The van der Waals surface area contributed by atoms with Gasteiger partial charge >= 0.3 is 0 Å². The molecule has 0 saturated carbocycles. The van der Waals surface area contributed by atoms with E-state index in [1.54, 1.807) is 49.4 Å². The van der Waals surface area contributed by atoms with Gasteiger partial charge in [0.2, 0.25) is 20.0 Å². The zero-order valence-corrected chi connectivity index (χ0v) is 17.1. The van der Waals surface area contributed by atoms with Crippen molar-refractivity contribution in [3.63, 3.8) is 0 Å². The van der Waals surface area contributed by atoms with Crippen molar-refractivity contribution < 1.29 is 16.8 Å². The average Bonchev–Trinajstić information content (AvgIpc) is 2.62. The van der Waals surface area contributed by atoms with Crippen LogP contribution in [-0.2, 0) is 20.0 Å². The van der Waals surface area contributed by atoms with E-state index in [1.165, 1.54) is 4.31 Å². The fraction of sp³-hybridized carbons (Fsp3) is 0.368. The van der Waals surface area contributed by atoms with Gasteiger partial charge in [-0.1, -0.05) is 35.9 Å². The normalized spacial score (nSPS) is 17.1. The standard InChI is InChI=1S/C19H24N2O4S2/c1-15-8-9-19(16(2)14-15)27(24,25)21-12-10-17(11-13-21)20-26(22,23)18-6-4-3-5-7-18/h3-9,14,17,20H,10-13H2,1-2H3. The molecule has 1 heterocycles. The highest BCUT2D eigenvalue weighted by Gasteiger charge is 2.32. The van der Waals surface area contributed by atoms with Crippen molar-refractivity contribution in [1.29, 1.82) is 0 Å². The number of nitrogens with one attached hydrogen (secondary N) is 1. The Morgan fingerprint density at radius 2 is 1.56 bits per heavy atom. The lowest BCUT2D eigenvalue weighted by Gasteiger charge is -2.31. The molecule has 1 aliphatic heterocycles. The van der Waals surface area contributed by atoms with Crippen LogP contribution >= 0.6 is 0 Å². The Bertz CT molecular complexity index is 1010. The fourth-order valence-electron chi connectivity index (χ4n) is 3.33. The molecule has 1 fully saturated rings. The molecule has 2 aromatic rings. The number of piperidine rings is 1. The van der Waals surface area contributed by atoms with Crippen LogP contribution in [0.15, 0.2) is 58.3 Å². The number of aryl methyl sites for hydroxylation is 2. The van der Waals surface area contributed by atoms with Crippen LogP contribution in [0.3, 0.4) is 0 Å². The number of nitrogens with zero attached hydrogens (tertiary/aromatic N) is 1. The van der Waals surface area contributed by atoms with E-state index in [0.29, 0.717) is 17.7 Å². The van der Waals surface area contributed by atoms with Gasteiger partial charge in [-0.2, -0.15) is 4.31 Å². The molecule has 0 unspecified atom stereocenters. The van der Waals surface area contributed by atoms with Gasteiger partial charge in [0.05, 0.1) is 9.79 Å². The summed E-state index contributed by atoms with van der Waals surface area (Å²) in [6.45, 7) is 4.30. The van der Waals surface area contributed by atoms with Crippen molar-refractivity contribution in [3.8, 4) is 0 Å². The van der Waals surface area contributed by atoms with Gasteiger partial charge in [-0.25, -0.2) is 21.6 Å². The maximum atomic E-state index is 12.9. The van der Waals surface area contributed by atoms with Crippen molar-refractivity contribution in [3.05, 3.63) is 59.7 Å². The van der Waals surface area contributed by atoms with Gasteiger partial charge in [-0.3, -0.25) is 0 Å². The molecule has 1 saturated heterocycles. The highest BCUT2D eigenvalue weighted by molar-refractivity contribution is 7.89. The Morgan fingerprint density at radius 3 is 2.15 bits per heavy atom. The molecule has 0 atom stereocenters. The molecule has 3 rings (SSSR count). The first-order valence-electron chi connectivity index (χ1n) is 8.85. The maximum absolute atomic E-state index is 12.9. The lowest BCUT2D eigenvalue weighted by atomic mass is 10.1. The number of hydrogen-bond acceptors (Lipinski definition) is 4. The highest BCUT2D eigenvalue weighted by atomic mass is 32.2. The third-order valence-electron chi connectivity index (χ3n) is 4.78. The lowest BCUT2D eigenvalue weighted by molar-refractivity contribution is 0.308. The summed E-state index contributed by atoms with van der Waals surface area (Å²) in [5, 5.41) is 0. The first kappa shape index (κ1) is 20.0. The summed E-state index contributed by atoms with van der Waals surface area (Å²) in [6, 6.07) is 13.2. The molecule has 0 radical (unpaired) electrons. The molecule has 0 aliphatic carbocycles. The molecular formula is C19H24N2O4S2. The van der Waals surface area contributed by atoms with Crippen molar-refractivity contribution in [2.24, 2.45) is 0 Å². The largest absolute Gasteiger partial charge is 0.243 e. The van der Waals surface area contributed by atoms with Crippen molar-refractivity contribution in [2.45, 2.75) is 42.5 Å². The van der Waals surface area contributed by atoms with E-state index in [0.717, 1.165) is 11.1 Å². The summed E-state index contributed by atoms with van der Waals surface area (Å²) >= 11 is 0. The Morgan fingerprint density at radius 1 is 0.926 bits per heavy atom. The SMILES string of the molecule is Cc1ccc(S(=O)(=O)N2CCC(NS(=O)(=O)c3ccccc3)CC2)c(C)c1. The molecule has 0 bridgehead atoms. The van der Waals surface area contributed by atoms with E-state index in [9.17, 15) is 16.8 Å². The van der Waals surface area contributed by atoms with Crippen LogP contribution in [0.1, 0.15) is 24.0 Å². The number of benzene rings is 2. The number of sulfonamides is 2. The van der Waals surface area contributed by atoms with Gasteiger partial charge < -0.3 is 0 Å². The van der Waals surface area contributed by atoms with E-state index < -0.39 is 20.0 Å². The van der Waals surface area contributed by atoms with Crippen LogP contribution in [0, 0.1) is 13.8 Å². The van der Waals surface area contributed by atoms with Gasteiger partial charge in [0.25, 0.3) is 0 Å². The lowest BCUT2D eigenvalue weighted by Crippen LogP contribution is -2.46. The Labute approximate surface area is 161 Å². The zero-order valence-electron chi connectivity index (χ0n) is 15.4. The molecule has 0 amide bonds. The molecule has 1 aliphatic rings. The third kappa shape index (κ3) is 4.40. The second-order valence-electron chi connectivity index (χ2n) is 6.88. The Kier molecular flexibility index (Phi) is 5.71. The smallest absolute Gasteiger partial charge is 0.208 e. The van der Waals surface area contributed by atoms with E-state index >= 15 is 0 Å². The highest BCUT2D eigenvalue weighted by Crippen LogP contribution is 2.24. The van der Waals surface area contributed by atoms with Crippen LogP contribution in [-0.4, -0.2) is 40.3 Å². The first-order chi connectivity index (χ1) is 12.7. The number of rotatable bonds is 5. The first-order valence-corrected chi connectivity index (χ1v) is 11.8. The summed E-state index contributed by atoms with van der Waals surface area (Å²) < 4.78 is 54.8. The second-order valence-corrected chi connectivity index (χ2v) is 10.5. The van der Waals surface area contributed by atoms with Gasteiger partial charge in [-0.15, -0.1) is 0 Å². The van der Waals surface area contributed by atoms with Crippen LogP contribution in [0.4, 0.5) is 0 Å². The molecule has 0 aromatic heterocycles. The summed E-state index contributed by atoms with van der Waals surface area (Å²) in [5.41, 5.74) is 1.74. The minimum atomic E-state index is -3.59. The van der Waals surface area contributed by atoms with Crippen molar-refractivity contribution in [2.75, 3.05) is 13.1 Å². The Balaban J connectivity index is 1.68. The molecule has 1 N–H and O–H groups in total. The van der Waals surface area contributed by atoms with E-state index in [1.807, 2.05) is 13.0 Å². The molecule has 146 valence electrons. The fourth-order valence-corrected chi connectivity index (χ4v) is 6.33. The summed E-state index contributed by atoms with van der Waals surface area (Å²) in [5.74, 6) is 0. The van der Waals surface area contributed by atoms with Gasteiger partial charge in [-0.05, 0) is 50.5 Å². The minimum Gasteiger partial charge on any atom is -0.208 e. The van der Waals surface area contributed by atoms with Crippen LogP contribution in [0.25, 0.3) is 0 Å². The summed E-state index contributed by atoms with van der Waals surface area (Å²) in [4.78, 5) is 0.534. The topological polar surface area (TPSA) is 83.6 Å². The van der Waals surface area contributed by atoms with Crippen molar-refractivity contribution >= 4 is 20.0 Å². The monoisotopic (exact) mass is 408 g/mol. The number of hydrogen-bond donors (Lipinski definition) is 1. The maximum Gasteiger partial charge on any atom is 0.243 e. The molecule has 2 aromatic carbocycles. The molecular weight excluding hydrogens is 384 g/mol. The van der Waals surface area contributed by atoms with Crippen LogP contribution in [0.5, 0.6) is 0 Å².